The van der Waals surface area contributed by atoms with E-state index in [2.05, 4.69) is 32.1 Å². The SMILES string of the molecule is C[C@]12CC[C@H]3[C@@H](C=CC4=CCCC[C@@]43C)[C@@H]1CC[C@H]2CC(=O)C=O. The minimum Gasteiger partial charge on any atom is -0.295 e. The summed E-state index contributed by atoms with van der Waals surface area (Å²) in [5.74, 6) is 2.34. The second-order valence-corrected chi connectivity index (χ2v) is 9.23. The van der Waals surface area contributed by atoms with Crippen LogP contribution >= 0.6 is 0 Å². The van der Waals surface area contributed by atoms with Crippen LogP contribution in [0.3, 0.4) is 0 Å². The summed E-state index contributed by atoms with van der Waals surface area (Å²) in [6.07, 6.45) is 17.2. The molecule has 2 saturated carbocycles. The van der Waals surface area contributed by atoms with E-state index >= 15 is 0 Å². The van der Waals surface area contributed by atoms with Crippen LogP contribution in [0, 0.1) is 34.5 Å². The molecule has 2 nitrogen and oxygen atoms in total. The maximum Gasteiger partial charge on any atom is 0.195 e. The Morgan fingerprint density at radius 1 is 1.21 bits per heavy atom. The first-order valence-electron chi connectivity index (χ1n) is 9.86. The van der Waals surface area contributed by atoms with Gasteiger partial charge in [-0.3, -0.25) is 9.59 Å². The van der Waals surface area contributed by atoms with E-state index in [1.807, 2.05) is 0 Å². The fourth-order valence-corrected chi connectivity index (χ4v) is 6.92. The molecule has 0 aromatic carbocycles. The van der Waals surface area contributed by atoms with Crippen molar-refractivity contribution >= 4 is 12.1 Å². The molecule has 4 rings (SSSR count). The lowest BCUT2D eigenvalue weighted by atomic mass is 9.48. The van der Waals surface area contributed by atoms with E-state index < -0.39 is 0 Å². The Morgan fingerprint density at radius 2 is 2.04 bits per heavy atom. The van der Waals surface area contributed by atoms with Gasteiger partial charge in [-0.15, -0.1) is 0 Å². The van der Waals surface area contributed by atoms with E-state index in [0.717, 1.165) is 12.3 Å². The molecule has 0 unspecified atom stereocenters. The van der Waals surface area contributed by atoms with Crippen molar-refractivity contribution < 1.29 is 9.59 Å². The van der Waals surface area contributed by atoms with Gasteiger partial charge in [0.25, 0.3) is 0 Å². The zero-order valence-corrected chi connectivity index (χ0v) is 15.1. The van der Waals surface area contributed by atoms with Crippen molar-refractivity contribution in [2.45, 2.75) is 65.2 Å². The van der Waals surface area contributed by atoms with E-state index in [0.29, 0.717) is 35.9 Å². The third-order valence-electron chi connectivity index (χ3n) is 8.35. The second kappa shape index (κ2) is 5.68. The number of carbonyl (C=O) groups excluding carboxylic acids is 2. The van der Waals surface area contributed by atoms with Gasteiger partial charge in [-0.2, -0.15) is 0 Å². The van der Waals surface area contributed by atoms with Gasteiger partial charge < -0.3 is 0 Å². The Bertz CT molecular complexity index is 615. The first-order valence-corrected chi connectivity index (χ1v) is 9.86. The summed E-state index contributed by atoms with van der Waals surface area (Å²) in [5.41, 5.74) is 2.20. The Hall–Kier alpha value is -1.18. The molecular formula is C22H30O2. The van der Waals surface area contributed by atoms with Crippen molar-refractivity contribution in [3.05, 3.63) is 23.8 Å². The van der Waals surface area contributed by atoms with Crippen LogP contribution in [0.15, 0.2) is 23.8 Å². The van der Waals surface area contributed by atoms with Gasteiger partial charge in [-0.05, 0) is 85.0 Å². The molecular weight excluding hydrogens is 296 g/mol. The predicted molar refractivity (Wildman–Crippen MR) is 95.4 cm³/mol. The minimum atomic E-state index is -0.201. The molecule has 0 aromatic rings. The molecule has 24 heavy (non-hydrogen) atoms. The first-order chi connectivity index (χ1) is 11.5. The lowest BCUT2D eigenvalue weighted by Gasteiger charge is -2.56. The van der Waals surface area contributed by atoms with E-state index in [-0.39, 0.29) is 11.2 Å². The van der Waals surface area contributed by atoms with E-state index in [1.165, 1.54) is 38.5 Å². The summed E-state index contributed by atoms with van der Waals surface area (Å²) in [4.78, 5) is 22.5. The van der Waals surface area contributed by atoms with E-state index in [4.69, 9.17) is 0 Å². The Labute approximate surface area is 145 Å². The van der Waals surface area contributed by atoms with Gasteiger partial charge in [-0.1, -0.05) is 32.1 Å². The highest BCUT2D eigenvalue weighted by molar-refractivity contribution is 6.24. The maximum absolute atomic E-state index is 11.7. The molecule has 0 spiro atoms. The van der Waals surface area contributed by atoms with Crippen molar-refractivity contribution in [1.29, 1.82) is 0 Å². The molecule has 2 heteroatoms. The van der Waals surface area contributed by atoms with Gasteiger partial charge in [-0.25, -0.2) is 0 Å². The smallest absolute Gasteiger partial charge is 0.195 e. The molecule has 0 amide bonds. The fourth-order valence-electron chi connectivity index (χ4n) is 6.92. The third-order valence-corrected chi connectivity index (χ3v) is 8.35. The van der Waals surface area contributed by atoms with Gasteiger partial charge in [0.2, 0.25) is 0 Å². The molecule has 0 bridgehead atoms. The highest BCUT2D eigenvalue weighted by Crippen LogP contribution is 2.65. The van der Waals surface area contributed by atoms with Crippen molar-refractivity contribution in [3.63, 3.8) is 0 Å². The van der Waals surface area contributed by atoms with Crippen molar-refractivity contribution in [2.24, 2.45) is 34.5 Å². The van der Waals surface area contributed by atoms with Crippen LogP contribution in [-0.4, -0.2) is 12.1 Å². The number of allylic oxidation sites excluding steroid dienone is 4. The summed E-state index contributed by atoms with van der Waals surface area (Å²) in [6.45, 7) is 4.91. The number of rotatable bonds is 3. The largest absolute Gasteiger partial charge is 0.295 e. The minimum absolute atomic E-state index is 0.201. The molecule has 6 atom stereocenters. The van der Waals surface area contributed by atoms with Gasteiger partial charge in [0.15, 0.2) is 12.1 Å². The molecule has 0 N–H and O–H groups in total. The second-order valence-electron chi connectivity index (χ2n) is 9.23. The molecule has 2 fully saturated rings. The molecule has 4 aliphatic rings. The summed E-state index contributed by atoms with van der Waals surface area (Å²) in [5, 5.41) is 0. The van der Waals surface area contributed by atoms with E-state index in [9.17, 15) is 9.59 Å². The zero-order valence-electron chi connectivity index (χ0n) is 15.1. The van der Waals surface area contributed by atoms with Crippen molar-refractivity contribution in [3.8, 4) is 0 Å². The lowest BCUT2D eigenvalue weighted by Crippen LogP contribution is -2.48. The van der Waals surface area contributed by atoms with Crippen molar-refractivity contribution in [2.75, 3.05) is 0 Å². The normalized spacial score (nSPS) is 46.5. The van der Waals surface area contributed by atoms with Gasteiger partial charge >= 0.3 is 0 Å². The van der Waals surface area contributed by atoms with E-state index in [1.54, 1.807) is 5.57 Å². The highest BCUT2D eigenvalue weighted by atomic mass is 16.2. The third kappa shape index (κ3) is 2.21. The number of Topliss-reactive ketones (excluding diaryl/α,β-unsaturated/α-hetero) is 1. The Balaban J connectivity index is 1.63. The Kier molecular flexibility index (Phi) is 3.85. The van der Waals surface area contributed by atoms with Crippen LogP contribution in [0.4, 0.5) is 0 Å². The molecule has 130 valence electrons. The van der Waals surface area contributed by atoms with Crippen molar-refractivity contribution in [1.82, 2.24) is 0 Å². The number of hydrogen-bond donors (Lipinski definition) is 0. The topological polar surface area (TPSA) is 34.1 Å². The molecule has 4 aliphatic carbocycles. The molecule has 0 radical (unpaired) electrons. The number of carbonyl (C=O) groups is 2. The Morgan fingerprint density at radius 3 is 2.83 bits per heavy atom. The zero-order chi connectivity index (χ0) is 16.9. The molecule has 0 heterocycles. The highest BCUT2D eigenvalue weighted by Gasteiger charge is 2.57. The molecule has 0 aliphatic heterocycles. The van der Waals surface area contributed by atoms with Gasteiger partial charge in [0, 0.05) is 6.42 Å². The standard InChI is InChI=1S/C22H30O2/c1-21-11-4-3-5-15(21)6-8-18-19-9-7-16(13-17(24)14-23)22(19,2)12-10-20(18)21/h5-6,8,14,16,18-20H,3-4,7,9-13H2,1-2H3/t16-,18-,19-,20-,21-,22+/m0/s1. The van der Waals surface area contributed by atoms with Crippen LogP contribution in [0.25, 0.3) is 0 Å². The number of ketones is 1. The maximum atomic E-state index is 11.7. The quantitative estimate of drug-likeness (QED) is 0.546. The number of fused-ring (bicyclic) bond motifs is 5. The van der Waals surface area contributed by atoms with Crippen LogP contribution < -0.4 is 0 Å². The average Bonchev–Trinajstić information content (AvgIpc) is 2.91. The molecule has 0 saturated heterocycles. The fraction of sp³-hybridized carbons (Fsp3) is 0.727. The summed E-state index contributed by atoms with van der Waals surface area (Å²) >= 11 is 0. The van der Waals surface area contributed by atoms with Gasteiger partial charge in [0.05, 0.1) is 0 Å². The average molecular weight is 326 g/mol. The van der Waals surface area contributed by atoms with Crippen LogP contribution in [-0.2, 0) is 9.59 Å². The summed E-state index contributed by atoms with van der Waals surface area (Å²) in [6, 6.07) is 0. The first kappa shape index (κ1) is 16.3. The number of hydrogen-bond acceptors (Lipinski definition) is 2. The van der Waals surface area contributed by atoms with Crippen LogP contribution in [0.1, 0.15) is 65.2 Å². The predicted octanol–water partition coefficient (Wildman–Crippen LogP) is 4.89. The summed E-state index contributed by atoms with van der Waals surface area (Å²) in [7, 11) is 0. The van der Waals surface area contributed by atoms with Crippen LogP contribution in [0.2, 0.25) is 0 Å². The molecule has 0 aromatic heterocycles. The van der Waals surface area contributed by atoms with Crippen LogP contribution in [0.5, 0.6) is 0 Å². The monoisotopic (exact) mass is 326 g/mol. The van der Waals surface area contributed by atoms with Gasteiger partial charge in [0.1, 0.15) is 0 Å². The summed E-state index contributed by atoms with van der Waals surface area (Å²) < 4.78 is 0. The lowest BCUT2D eigenvalue weighted by molar-refractivity contribution is -0.131. The number of aldehydes is 1.